The van der Waals surface area contributed by atoms with E-state index in [-0.39, 0.29) is 5.91 Å². The number of carbonyl (C=O) groups excluding carboxylic acids is 1. The van der Waals surface area contributed by atoms with Crippen LogP contribution in [-0.2, 0) is 11.3 Å². The van der Waals surface area contributed by atoms with Gasteiger partial charge in [-0.15, -0.1) is 0 Å². The Hall–Kier alpha value is -2.70. The van der Waals surface area contributed by atoms with E-state index in [1.165, 1.54) is 25.6 Å². The third kappa shape index (κ3) is 3.40. The first-order valence-corrected chi connectivity index (χ1v) is 8.90. The standard InChI is InChI=1S/C18H22N6O/c25-17(10-11-23-13-19-12-20-23)22-18-21-15-8-4-5-9-16(15)24(18)14-6-2-1-3-7-14/h4-5,8-9,12-14H,1-3,6-7,10-11H2,(H,21,22,25). The van der Waals surface area contributed by atoms with Gasteiger partial charge in [-0.3, -0.25) is 14.8 Å². The van der Waals surface area contributed by atoms with Crippen molar-refractivity contribution in [2.75, 3.05) is 5.32 Å². The second kappa shape index (κ2) is 7.04. The number of hydrogen-bond acceptors (Lipinski definition) is 4. The van der Waals surface area contributed by atoms with Crippen molar-refractivity contribution in [3.8, 4) is 0 Å². The quantitative estimate of drug-likeness (QED) is 0.775. The molecule has 25 heavy (non-hydrogen) atoms. The highest BCUT2D eigenvalue weighted by molar-refractivity contribution is 5.91. The van der Waals surface area contributed by atoms with Gasteiger partial charge in [-0.25, -0.2) is 9.97 Å². The van der Waals surface area contributed by atoms with Crippen LogP contribution in [0.1, 0.15) is 44.6 Å². The fraction of sp³-hybridized carbons (Fsp3) is 0.444. The lowest BCUT2D eigenvalue weighted by Gasteiger charge is -2.25. The van der Waals surface area contributed by atoms with Crippen LogP contribution < -0.4 is 5.32 Å². The van der Waals surface area contributed by atoms with Crippen LogP contribution in [0, 0.1) is 0 Å². The zero-order valence-corrected chi connectivity index (χ0v) is 14.1. The topological polar surface area (TPSA) is 77.6 Å². The molecule has 1 N–H and O–H groups in total. The first-order chi connectivity index (χ1) is 12.3. The summed E-state index contributed by atoms with van der Waals surface area (Å²) in [6.45, 7) is 0.509. The van der Waals surface area contributed by atoms with Gasteiger partial charge < -0.3 is 4.57 Å². The van der Waals surface area contributed by atoms with Crippen LogP contribution in [0.5, 0.6) is 0 Å². The fourth-order valence-corrected chi connectivity index (χ4v) is 3.59. The van der Waals surface area contributed by atoms with Gasteiger partial charge >= 0.3 is 0 Å². The lowest BCUT2D eigenvalue weighted by atomic mass is 9.95. The molecular weight excluding hydrogens is 316 g/mol. The minimum atomic E-state index is -0.0529. The van der Waals surface area contributed by atoms with Gasteiger partial charge in [0, 0.05) is 12.5 Å². The van der Waals surface area contributed by atoms with Crippen LogP contribution in [0.25, 0.3) is 11.0 Å². The molecule has 0 radical (unpaired) electrons. The summed E-state index contributed by atoms with van der Waals surface area (Å²) in [6.07, 6.45) is 9.48. The molecule has 1 amide bonds. The summed E-state index contributed by atoms with van der Waals surface area (Å²) in [7, 11) is 0. The summed E-state index contributed by atoms with van der Waals surface area (Å²) in [5.41, 5.74) is 2.03. The molecule has 2 heterocycles. The summed E-state index contributed by atoms with van der Waals surface area (Å²) < 4.78 is 3.88. The number of amides is 1. The summed E-state index contributed by atoms with van der Waals surface area (Å²) in [4.78, 5) is 21.0. The Labute approximate surface area is 146 Å². The third-order valence-electron chi connectivity index (χ3n) is 4.82. The van der Waals surface area contributed by atoms with Crippen molar-refractivity contribution >= 4 is 22.9 Å². The highest BCUT2D eigenvalue weighted by Crippen LogP contribution is 2.34. The lowest BCUT2D eigenvalue weighted by molar-refractivity contribution is -0.116. The Morgan fingerprint density at radius 2 is 2.04 bits per heavy atom. The van der Waals surface area contributed by atoms with Crippen LogP contribution >= 0.6 is 0 Å². The third-order valence-corrected chi connectivity index (χ3v) is 4.82. The molecule has 0 aliphatic heterocycles. The van der Waals surface area contributed by atoms with E-state index in [1.54, 1.807) is 11.0 Å². The number of hydrogen-bond donors (Lipinski definition) is 1. The largest absolute Gasteiger partial charge is 0.307 e. The molecule has 3 aromatic rings. The molecule has 2 aromatic heterocycles. The predicted molar refractivity (Wildman–Crippen MR) is 95.1 cm³/mol. The molecule has 0 saturated heterocycles. The van der Waals surface area contributed by atoms with E-state index in [2.05, 4.69) is 31.0 Å². The number of carbonyl (C=O) groups is 1. The molecule has 0 unspecified atom stereocenters. The van der Waals surface area contributed by atoms with Gasteiger partial charge in [0.15, 0.2) is 0 Å². The molecule has 7 nitrogen and oxygen atoms in total. The summed E-state index contributed by atoms with van der Waals surface area (Å²) in [5.74, 6) is 0.611. The lowest BCUT2D eigenvalue weighted by Crippen LogP contribution is -2.21. The van der Waals surface area contributed by atoms with Gasteiger partial charge in [0.1, 0.15) is 12.7 Å². The van der Waals surface area contributed by atoms with E-state index in [0.29, 0.717) is 25.0 Å². The molecule has 1 aliphatic carbocycles. The van der Waals surface area contributed by atoms with E-state index < -0.39 is 0 Å². The van der Waals surface area contributed by atoms with Gasteiger partial charge in [0.05, 0.1) is 17.6 Å². The van der Waals surface area contributed by atoms with E-state index >= 15 is 0 Å². The number of aromatic nitrogens is 5. The Morgan fingerprint density at radius 3 is 2.84 bits per heavy atom. The number of anilines is 1. The number of imidazole rings is 1. The zero-order chi connectivity index (χ0) is 17.1. The number of rotatable bonds is 5. The smallest absolute Gasteiger partial charge is 0.228 e. The summed E-state index contributed by atoms with van der Waals surface area (Å²) >= 11 is 0. The Bertz CT molecular complexity index is 848. The number of para-hydroxylation sites is 2. The molecule has 0 bridgehead atoms. The second-order valence-electron chi connectivity index (χ2n) is 6.54. The van der Waals surface area contributed by atoms with Crippen molar-refractivity contribution < 1.29 is 4.79 Å². The molecule has 1 saturated carbocycles. The molecular formula is C18H22N6O. The summed E-state index contributed by atoms with van der Waals surface area (Å²) in [5, 5.41) is 7.04. The SMILES string of the molecule is O=C(CCn1cncn1)Nc1nc2ccccc2n1C1CCCCC1. The molecule has 0 atom stereocenters. The first-order valence-electron chi connectivity index (χ1n) is 8.90. The average Bonchev–Trinajstić information content (AvgIpc) is 3.28. The number of aryl methyl sites for hydroxylation is 1. The number of nitrogens with one attached hydrogen (secondary N) is 1. The minimum absolute atomic E-state index is 0.0529. The molecule has 1 fully saturated rings. The highest BCUT2D eigenvalue weighted by Gasteiger charge is 2.22. The van der Waals surface area contributed by atoms with Crippen molar-refractivity contribution in [3.63, 3.8) is 0 Å². The summed E-state index contributed by atoms with van der Waals surface area (Å²) in [6, 6.07) is 8.50. The van der Waals surface area contributed by atoms with Gasteiger partial charge in [-0.05, 0) is 25.0 Å². The Kier molecular flexibility index (Phi) is 4.45. The van der Waals surface area contributed by atoms with Gasteiger partial charge in [0.2, 0.25) is 11.9 Å². The molecule has 4 rings (SSSR count). The zero-order valence-electron chi connectivity index (χ0n) is 14.1. The highest BCUT2D eigenvalue weighted by atomic mass is 16.1. The Balaban J connectivity index is 1.56. The van der Waals surface area contributed by atoms with Gasteiger partial charge in [-0.2, -0.15) is 5.10 Å². The van der Waals surface area contributed by atoms with Crippen molar-refractivity contribution in [2.45, 2.75) is 51.1 Å². The van der Waals surface area contributed by atoms with Gasteiger partial charge in [-0.1, -0.05) is 31.4 Å². The molecule has 1 aromatic carbocycles. The van der Waals surface area contributed by atoms with Crippen LogP contribution in [0.2, 0.25) is 0 Å². The van der Waals surface area contributed by atoms with E-state index in [9.17, 15) is 4.79 Å². The van der Waals surface area contributed by atoms with Gasteiger partial charge in [0.25, 0.3) is 0 Å². The maximum Gasteiger partial charge on any atom is 0.228 e. The number of nitrogens with zero attached hydrogens (tertiary/aromatic N) is 5. The first kappa shape index (κ1) is 15.8. The molecule has 7 heteroatoms. The number of fused-ring (bicyclic) bond motifs is 1. The normalized spacial score (nSPS) is 15.5. The fourth-order valence-electron chi connectivity index (χ4n) is 3.59. The average molecular weight is 338 g/mol. The Morgan fingerprint density at radius 1 is 1.20 bits per heavy atom. The molecule has 130 valence electrons. The predicted octanol–water partition coefficient (Wildman–Crippen LogP) is 3.16. The second-order valence-corrected chi connectivity index (χ2v) is 6.54. The van der Waals surface area contributed by atoms with Crippen LogP contribution in [-0.4, -0.2) is 30.2 Å². The van der Waals surface area contributed by atoms with Crippen molar-refractivity contribution in [3.05, 3.63) is 36.9 Å². The maximum absolute atomic E-state index is 12.4. The van der Waals surface area contributed by atoms with Crippen molar-refractivity contribution in [1.82, 2.24) is 24.3 Å². The van der Waals surface area contributed by atoms with E-state index in [4.69, 9.17) is 0 Å². The molecule has 0 spiro atoms. The maximum atomic E-state index is 12.4. The minimum Gasteiger partial charge on any atom is -0.307 e. The van der Waals surface area contributed by atoms with Crippen LogP contribution in [0.15, 0.2) is 36.9 Å². The monoisotopic (exact) mass is 338 g/mol. The van der Waals surface area contributed by atoms with Crippen LogP contribution in [0.3, 0.4) is 0 Å². The number of benzene rings is 1. The van der Waals surface area contributed by atoms with Crippen molar-refractivity contribution in [1.29, 1.82) is 0 Å². The van der Waals surface area contributed by atoms with E-state index in [0.717, 1.165) is 23.9 Å². The van der Waals surface area contributed by atoms with Crippen LogP contribution in [0.4, 0.5) is 5.95 Å². The van der Waals surface area contributed by atoms with E-state index in [1.807, 2.05) is 18.2 Å². The molecule has 1 aliphatic rings. The van der Waals surface area contributed by atoms with Crippen molar-refractivity contribution in [2.24, 2.45) is 0 Å².